The highest BCUT2D eigenvalue weighted by Gasteiger charge is 2.34. The molecule has 0 atom stereocenters. The molecule has 2 aliphatic rings. The van der Waals surface area contributed by atoms with E-state index in [9.17, 15) is 4.79 Å². The summed E-state index contributed by atoms with van der Waals surface area (Å²) in [6.45, 7) is 4.43. The summed E-state index contributed by atoms with van der Waals surface area (Å²) in [4.78, 5) is 15.5. The fourth-order valence-corrected chi connectivity index (χ4v) is 5.41. The monoisotopic (exact) mass is 534 g/mol. The van der Waals surface area contributed by atoms with Gasteiger partial charge in [-0.15, -0.1) is 0 Å². The van der Waals surface area contributed by atoms with E-state index in [0.29, 0.717) is 46.9 Å². The number of ether oxygens (including phenoxy) is 3. The number of benzene rings is 3. The number of fused-ring (bicyclic) bond motifs is 4. The quantitative estimate of drug-likeness (QED) is 0.259. The van der Waals surface area contributed by atoms with Crippen LogP contribution in [0.4, 0.5) is 0 Å². The maximum Gasteiger partial charge on any atom is 0.231 e. The van der Waals surface area contributed by atoms with Gasteiger partial charge in [0.25, 0.3) is 0 Å². The number of allylic oxidation sites excluding steroid dienone is 1. The van der Waals surface area contributed by atoms with Gasteiger partial charge in [0.15, 0.2) is 5.76 Å². The summed E-state index contributed by atoms with van der Waals surface area (Å²) in [5.41, 5.74) is 4.31. The molecule has 0 fully saturated rings. The van der Waals surface area contributed by atoms with Gasteiger partial charge in [-0.25, -0.2) is 0 Å². The molecule has 37 heavy (non-hydrogen) atoms. The first-order chi connectivity index (χ1) is 17.9. The van der Waals surface area contributed by atoms with Gasteiger partial charge in [0.1, 0.15) is 24.0 Å². The molecule has 3 heterocycles. The zero-order valence-electron chi connectivity index (χ0n) is 20.4. The molecule has 4 aromatic rings. The Labute approximate surface area is 224 Å². The van der Waals surface area contributed by atoms with Crippen molar-refractivity contribution in [3.05, 3.63) is 92.8 Å². The Morgan fingerprint density at radius 1 is 1.11 bits per heavy atom. The minimum absolute atomic E-state index is 0.143. The van der Waals surface area contributed by atoms with E-state index in [1.807, 2.05) is 48.7 Å². The predicted octanol–water partition coefficient (Wildman–Crippen LogP) is 6.94. The molecule has 0 amide bonds. The van der Waals surface area contributed by atoms with Crippen molar-refractivity contribution in [2.75, 3.05) is 13.8 Å². The molecule has 8 heteroatoms. The number of aromatic nitrogens is 1. The van der Waals surface area contributed by atoms with E-state index in [2.05, 4.69) is 16.4 Å². The lowest BCUT2D eigenvalue weighted by Crippen LogP contribution is -2.31. The van der Waals surface area contributed by atoms with E-state index in [1.54, 1.807) is 19.2 Å². The summed E-state index contributed by atoms with van der Waals surface area (Å²) in [6, 6.07) is 15.0. The van der Waals surface area contributed by atoms with Gasteiger partial charge in [0, 0.05) is 52.3 Å². The lowest BCUT2D eigenvalue weighted by molar-refractivity contribution is 0.0873. The molecular weight excluding hydrogens is 511 g/mol. The fourth-order valence-electron chi connectivity index (χ4n) is 4.95. The fraction of sp³-hybridized carbons (Fsp3) is 0.207. The Morgan fingerprint density at radius 2 is 1.97 bits per heavy atom. The molecule has 0 saturated carbocycles. The van der Waals surface area contributed by atoms with Crippen LogP contribution in [0.2, 0.25) is 10.0 Å². The highest BCUT2D eigenvalue weighted by Crippen LogP contribution is 2.43. The number of ketones is 1. The van der Waals surface area contributed by atoms with Crippen molar-refractivity contribution in [2.24, 2.45) is 0 Å². The molecular formula is C29H24Cl2N2O4. The molecule has 6 nitrogen and oxygen atoms in total. The van der Waals surface area contributed by atoms with Crippen molar-refractivity contribution in [1.29, 1.82) is 0 Å². The number of carbonyl (C=O) groups excluding carboxylic acids is 1. The number of halogens is 2. The predicted molar refractivity (Wildman–Crippen MR) is 145 cm³/mol. The zero-order chi connectivity index (χ0) is 25.7. The standard InChI is InChI=1S/C29H24Cl2N2O4/c1-3-33-14-18(22-12-20(35-2)6-8-25(22)33)10-27-28(34)21-7-9-26-23(29(21)37-27)15-32(16-36-26)13-17-4-5-19(30)11-24(17)31/h4-12,14H,3,13,15-16H2,1-2H3/b27-10-. The smallest absolute Gasteiger partial charge is 0.231 e. The van der Waals surface area contributed by atoms with Crippen molar-refractivity contribution < 1.29 is 19.0 Å². The van der Waals surface area contributed by atoms with Crippen molar-refractivity contribution in [3.63, 3.8) is 0 Å². The van der Waals surface area contributed by atoms with E-state index < -0.39 is 0 Å². The van der Waals surface area contributed by atoms with Gasteiger partial charge in [-0.3, -0.25) is 9.69 Å². The Hall–Kier alpha value is -3.45. The van der Waals surface area contributed by atoms with Crippen LogP contribution in [0.5, 0.6) is 17.2 Å². The molecule has 0 bridgehead atoms. The SMILES string of the molecule is CCn1cc(/C=C2\Oc3c(ccc4c3CN(Cc3ccc(Cl)cc3Cl)CO4)C2=O)c2cc(OC)ccc21. The minimum atomic E-state index is -0.143. The number of carbonyl (C=O) groups is 1. The first kappa shape index (κ1) is 23.9. The second-order valence-corrected chi connectivity index (χ2v) is 9.95. The van der Waals surface area contributed by atoms with Crippen LogP contribution in [0.25, 0.3) is 17.0 Å². The van der Waals surface area contributed by atoms with Crippen molar-refractivity contribution in [3.8, 4) is 17.2 Å². The number of hydrogen-bond donors (Lipinski definition) is 0. The second-order valence-electron chi connectivity index (χ2n) is 9.11. The van der Waals surface area contributed by atoms with Crippen LogP contribution < -0.4 is 14.2 Å². The van der Waals surface area contributed by atoms with Gasteiger partial charge in [-0.05, 0) is 61.0 Å². The van der Waals surface area contributed by atoms with E-state index in [1.165, 1.54) is 0 Å². The molecule has 0 unspecified atom stereocenters. The molecule has 3 aromatic carbocycles. The normalized spacial score (nSPS) is 16.0. The summed E-state index contributed by atoms with van der Waals surface area (Å²) in [5.74, 6) is 2.18. The zero-order valence-corrected chi connectivity index (χ0v) is 21.9. The number of Topliss-reactive ketones (excluding diaryl/α,β-unsaturated/α-hetero) is 1. The largest absolute Gasteiger partial charge is 0.497 e. The molecule has 0 saturated heterocycles. The maximum atomic E-state index is 13.4. The van der Waals surface area contributed by atoms with Crippen molar-refractivity contribution >= 4 is 46.0 Å². The average Bonchev–Trinajstić information content (AvgIpc) is 3.42. The third kappa shape index (κ3) is 4.25. The molecule has 0 spiro atoms. The lowest BCUT2D eigenvalue weighted by Gasteiger charge is -2.30. The van der Waals surface area contributed by atoms with Gasteiger partial charge < -0.3 is 18.8 Å². The molecule has 188 valence electrons. The summed E-state index contributed by atoms with van der Waals surface area (Å²) < 4.78 is 19.8. The number of methoxy groups -OCH3 is 1. The Morgan fingerprint density at radius 3 is 2.76 bits per heavy atom. The number of hydrogen-bond acceptors (Lipinski definition) is 5. The van der Waals surface area contributed by atoms with Crippen LogP contribution in [-0.2, 0) is 19.6 Å². The summed E-state index contributed by atoms with van der Waals surface area (Å²) in [7, 11) is 1.64. The van der Waals surface area contributed by atoms with Crippen LogP contribution in [0.1, 0.15) is 34.0 Å². The summed E-state index contributed by atoms with van der Waals surface area (Å²) in [5, 5.41) is 2.20. The molecule has 2 aliphatic heterocycles. The van der Waals surface area contributed by atoms with Gasteiger partial charge in [-0.1, -0.05) is 29.3 Å². The Bertz CT molecular complexity index is 1590. The van der Waals surface area contributed by atoms with Crippen LogP contribution in [-0.4, -0.2) is 29.1 Å². The first-order valence-electron chi connectivity index (χ1n) is 12.0. The van der Waals surface area contributed by atoms with Gasteiger partial charge in [-0.2, -0.15) is 0 Å². The maximum absolute atomic E-state index is 13.4. The van der Waals surface area contributed by atoms with Gasteiger partial charge in [0.05, 0.1) is 18.2 Å². The highest BCUT2D eigenvalue weighted by atomic mass is 35.5. The lowest BCUT2D eigenvalue weighted by atomic mass is 10.0. The summed E-state index contributed by atoms with van der Waals surface area (Å²) in [6.07, 6.45) is 3.85. The third-order valence-corrected chi connectivity index (χ3v) is 7.42. The van der Waals surface area contributed by atoms with E-state index >= 15 is 0 Å². The van der Waals surface area contributed by atoms with Crippen LogP contribution in [0.15, 0.2) is 60.5 Å². The first-order valence-corrected chi connectivity index (χ1v) is 12.8. The van der Waals surface area contributed by atoms with E-state index in [-0.39, 0.29) is 5.78 Å². The average molecular weight is 535 g/mol. The number of aryl methyl sites for hydroxylation is 1. The number of rotatable bonds is 5. The number of nitrogens with zero attached hydrogens (tertiary/aromatic N) is 2. The molecule has 0 aliphatic carbocycles. The van der Waals surface area contributed by atoms with Crippen LogP contribution in [0.3, 0.4) is 0 Å². The Balaban J connectivity index is 1.32. The summed E-state index contributed by atoms with van der Waals surface area (Å²) >= 11 is 12.4. The molecule has 1 aromatic heterocycles. The van der Waals surface area contributed by atoms with E-state index in [4.69, 9.17) is 37.4 Å². The van der Waals surface area contributed by atoms with E-state index in [0.717, 1.165) is 45.6 Å². The van der Waals surface area contributed by atoms with Crippen molar-refractivity contribution in [1.82, 2.24) is 9.47 Å². The Kier molecular flexibility index (Phi) is 6.11. The van der Waals surface area contributed by atoms with Crippen LogP contribution in [0, 0.1) is 0 Å². The highest BCUT2D eigenvalue weighted by molar-refractivity contribution is 6.35. The molecule has 0 radical (unpaired) electrons. The second kappa shape index (κ2) is 9.45. The van der Waals surface area contributed by atoms with Gasteiger partial charge >= 0.3 is 0 Å². The van der Waals surface area contributed by atoms with Gasteiger partial charge in [0.2, 0.25) is 5.78 Å². The van der Waals surface area contributed by atoms with Crippen molar-refractivity contribution in [2.45, 2.75) is 26.6 Å². The topological polar surface area (TPSA) is 52.9 Å². The minimum Gasteiger partial charge on any atom is -0.497 e. The third-order valence-electron chi connectivity index (χ3n) is 6.84. The molecule has 0 N–H and O–H groups in total. The molecule has 6 rings (SSSR count). The van der Waals surface area contributed by atoms with Crippen LogP contribution >= 0.6 is 23.2 Å².